The minimum absolute atomic E-state index is 0.246. The number of para-hydroxylation sites is 1. The third-order valence-electron chi connectivity index (χ3n) is 4.54. The van der Waals surface area contributed by atoms with E-state index in [0.717, 1.165) is 28.2 Å². The highest BCUT2D eigenvalue weighted by molar-refractivity contribution is 6.01. The Kier molecular flexibility index (Phi) is 7.84. The molecule has 0 atom stereocenters. The van der Waals surface area contributed by atoms with Gasteiger partial charge in [-0.25, -0.2) is 4.68 Å². The Morgan fingerprint density at radius 1 is 1.19 bits per heavy atom. The standard InChI is InChI=1S/C24H27N3O4/c1-4-30-17-27-15-21(14-25-27)26-24(28)12-10-19-9-11-23(29-3)20(13-19)16-31-22-8-6-5-7-18(22)2/h5-15H,4,16-17H2,1-3H3,(H,26,28)/b12-10+. The van der Waals surface area contributed by atoms with E-state index >= 15 is 0 Å². The van der Waals surface area contributed by atoms with Crippen molar-refractivity contribution < 1.29 is 19.0 Å². The van der Waals surface area contributed by atoms with Crippen LogP contribution in [0.3, 0.4) is 0 Å². The molecule has 31 heavy (non-hydrogen) atoms. The van der Waals surface area contributed by atoms with E-state index in [1.165, 1.54) is 6.08 Å². The lowest BCUT2D eigenvalue weighted by Crippen LogP contribution is -2.07. The third-order valence-corrected chi connectivity index (χ3v) is 4.54. The highest BCUT2D eigenvalue weighted by Crippen LogP contribution is 2.24. The van der Waals surface area contributed by atoms with Gasteiger partial charge in [0.15, 0.2) is 0 Å². The Bertz CT molecular complexity index is 1040. The molecule has 0 aliphatic carbocycles. The van der Waals surface area contributed by atoms with Gasteiger partial charge in [-0.15, -0.1) is 0 Å². The van der Waals surface area contributed by atoms with Crippen molar-refractivity contribution in [2.45, 2.75) is 27.2 Å². The number of rotatable bonds is 10. The lowest BCUT2D eigenvalue weighted by molar-refractivity contribution is -0.111. The molecule has 2 aromatic carbocycles. The maximum atomic E-state index is 12.2. The lowest BCUT2D eigenvalue weighted by atomic mass is 10.1. The van der Waals surface area contributed by atoms with Gasteiger partial charge in [0.2, 0.25) is 5.91 Å². The van der Waals surface area contributed by atoms with Crippen molar-refractivity contribution in [1.82, 2.24) is 9.78 Å². The number of aryl methyl sites for hydroxylation is 1. The van der Waals surface area contributed by atoms with Gasteiger partial charge in [0.1, 0.15) is 24.8 Å². The summed E-state index contributed by atoms with van der Waals surface area (Å²) in [6.45, 7) is 5.23. The maximum absolute atomic E-state index is 12.2. The molecule has 0 aliphatic rings. The number of nitrogens with one attached hydrogen (secondary N) is 1. The summed E-state index contributed by atoms with van der Waals surface area (Å²) in [6.07, 6.45) is 6.53. The average molecular weight is 421 g/mol. The molecule has 0 bridgehead atoms. The fourth-order valence-corrected chi connectivity index (χ4v) is 2.93. The van der Waals surface area contributed by atoms with Crippen molar-refractivity contribution in [3.8, 4) is 11.5 Å². The van der Waals surface area contributed by atoms with E-state index in [2.05, 4.69) is 10.4 Å². The molecule has 0 saturated carbocycles. The van der Waals surface area contributed by atoms with Gasteiger partial charge in [0.25, 0.3) is 0 Å². The van der Waals surface area contributed by atoms with Crippen LogP contribution in [0.5, 0.6) is 11.5 Å². The number of hydrogen-bond donors (Lipinski definition) is 1. The molecule has 7 heteroatoms. The number of anilines is 1. The van der Waals surface area contributed by atoms with Gasteiger partial charge < -0.3 is 19.5 Å². The second-order valence-electron chi connectivity index (χ2n) is 6.84. The SMILES string of the molecule is CCOCn1cc(NC(=O)/C=C/c2ccc(OC)c(COc3ccccc3C)c2)cn1. The van der Waals surface area contributed by atoms with Gasteiger partial charge in [0.05, 0.1) is 25.2 Å². The molecular weight excluding hydrogens is 394 g/mol. The normalized spacial score (nSPS) is 10.9. The summed E-state index contributed by atoms with van der Waals surface area (Å²) in [5.74, 6) is 1.32. The van der Waals surface area contributed by atoms with E-state index < -0.39 is 0 Å². The Balaban J connectivity index is 1.63. The number of amides is 1. The number of methoxy groups -OCH3 is 1. The van der Waals surface area contributed by atoms with Crippen LogP contribution in [-0.4, -0.2) is 29.4 Å². The monoisotopic (exact) mass is 421 g/mol. The first-order valence-electron chi connectivity index (χ1n) is 10.0. The molecule has 1 amide bonds. The quantitative estimate of drug-likeness (QED) is 0.491. The van der Waals surface area contributed by atoms with Gasteiger partial charge in [-0.3, -0.25) is 4.79 Å². The van der Waals surface area contributed by atoms with E-state index in [9.17, 15) is 4.79 Å². The van der Waals surface area contributed by atoms with E-state index in [0.29, 0.717) is 25.6 Å². The van der Waals surface area contributed by atoms with Crippen molar-refractivity contribution in [3.05, 3.63) is 77.6 Å². The molecule has 1 N–H and O–H groups in total. The van der Waals surface area contributed by atoms with Crippen molar-refractivity contribution in [3.63, 3.8) is 0 Å². The van der Waals surface area contributed by atoms with Crippen LogP contribution in [0.2, 0.25) is 0 Å². The van der Waals surface area contributed by atoms with E-state index in [1.807, 2.05) is 56.3 Å². The van der Waals surface area contributed by atoms with Gasteiger partial charge in [-0.05, 0) is 49.2 Å². The van der Waals surface area contributed by atoms with Crippen molar-refractivity contribution in [2.75, 3.05) is 19.0 Å². The predicted octanol–water partition coefficient (Wildman–Crippen LogP) is 4.43. The van der Waals surface area contributed by atoms with Gasteiger partial charge >= 0.3 is 0 Å². The summed E-state index contributed by atoms with van der Waals surface area (Å²) in [5.41, 5.74) is 3.44. The highest BCUT2D eigenvalue weighted by Gasteiger charge is 2.07. The van der Waals surface area contributed by atoms with Crippen LogP contribution >= 0.6 is 0 Å². The minimum atomic E-state index is -0.246. The summed E-state index contributed by atoms with van der Waals surface area (Å²) < 4.78 is 18.3. The molecule has 3 aromatic rings. The topological polar surface area (TPSA) is 74.6 Å². The summed E-state index contributed by atoms with van der Waals surface area (Å²) >= 11 is 0. The molecule has 0 spiro atoms. The van der Waals surface area contributed by atoms with E-state index in [4.69, 9.17) is 14.2 Å². The van der Waals surface area contributed by atoms with Gasteiger partial charge in [-0.2, -0.15) is 5.10 Å². The molecule has 3 rings (SSSR count). The summed E-state index contributed by atoms with van der Waals surface area (Å²) in [5, 5.41) is 6.92. The molecule has 0 fully saturated rings. The van der Waals surface area contributed by atoms with Crippen LogP contribution < -0.4 is 14.8 Å². The molecule has 0 aliphatic heterocycles. The number of ether oxygens (including phenoxy) is 3. The van der Waals surface area contributed by atoms with Gasteiger partial charge in [0, 0.05) is 18.2 Å². The van der Waals surface area contributed by atoms with Crippen LogP contribution in [0.1, 0.15) is 23.6 Å². The minimum Gasteiger partial charge on any atom is -0.496 e. The Labute approximate surface area is 182 Å². The molecule has 162 valence electrons. The predicted molar refractivity (Wildman–Crippen MR) is 120 cm³/mol. The Morgan fingerprint density at radius 2 is 2.03 bits per heavy atom. The first-order chi connectivity index (χ1) is 15.1. The molecule has 7 nitrogen and oxygen atoms in total. The molecule has 1 heterocycles. The Hall–Kier alpha value is -3.58. The van der Waals surface area contributed by atoms with Crippen LogP contribution in [0.4, 0.5) is 5.69 Å². The second kappa shape index (κ2) is 11.0. The number of hydrogen-bond acceptors (Lipinski definition) is 5. The fourth-order valence-electron chi connectivity index (χ4n) is 2.93. The number of aromatic nitrogens is 2. The smallest absolute Gasteiger partial charge is 0.248 e. The van der Waals surface area contributed by atoms with E-state index in [1.54, 1.807) is 30.3 Å². The van der Waals surface area contributed by atoms with E-state index in [-0.39, 0.29) is 5.91 Å². The number of carbonyl (C=O) groups is 1. The first kappa shape index (κ1) is 22.1. The van der Waals surface area contributed by atoms with Crippen LogP contribution in [0, 0.1) is 6.92 Å². The summed E-state index contributed by atoms with van der Waals surface area (Å²) in [4.78, 5) is 12.2. The summed E-state index contributed by atoms with van der Waals surface area (Å²) in [6, 6.07) is 13.6. The highest BCUT2D eigenvalue weighted by atomic mass is 16.5. The van der Waals surface area contributed by atoms with Crippen molar-refractivity contribution in [1.29, 1.82) is 0 Å². The van der Waals surface area contributed by atoms with Crippen LogP contribution in [0.15, 0.2) is 60.9 Å². The maximum Gasteiger partial charge on any atom is 0.248 e. The lowest BCUT2D eigenvalue weighted by Gasteiger charge is -2.12. The second-order valence-corrected chi connectivity index (χ2v) is 6.84. The number of benzene rings is 2. The average Bonchev–Trinajstić information content (AvgIpc) is 3.22. The van der Waals surface area contributed by atoms with Crippen molar-refractivity contribution in [2.24, 2.45) is 0 Å². The zero-order chi connectivity index (χ0) is 22.1. The third kappa shape index (κ3) is 6.45. The zero-order valence-corrected chi connectivity index (χ0v) is 18.0. The number of nitrogens with zero attached hydrogens (tertiary/aromatic N) is 2. The van der Waals surface area contributed by atoms with Crippen molar-refractivity contribution >= 4 is 17.7 Å². The van der Waals surface area contributed by atoms with Crippen LogP contribution in [0.25, 0.3) is 6.08 Å². The molecular formula is C24H27N3O4. The first-order valence-corrected chi connectivity index (χ1v) is 10.0. The largest absolute Gasteiger partial charge is 0.496 e. The molecule has 0 saturated heterocycles. The summed E-state index contributed by atoms with van der Waals surface area (Å²) in [7, 11) is 1.63. The van der Waals surface area contributed by atoms with Gasteiger partial charge in [-0.1, -0.05) is 24.3 Å². The van der Waals surface area contributed by atoms with Crippen LogP contribution in [-0.2, 0) is 22.9 Å². The fraction of sp³-hybridized carbons (Fsp3) is 0.250. The molecule has 0 unspecified atom stereocenters. The Morgan fingerprint density at radius 3 is 2.81 bits per heavy atom. The zero-order valence-electron chi connectivity index (χ0n) is 18.0. The molecule has 1 aromatic heterocycles. The number of carbonyl (C=O) groups excluding carboxylic acids is 1. The molecule has 0 radical (unpaired) electrons.